The normalized spacial score (nSPS) is 20.3. The van der Waals surface area contributed by atoms with Crippen molar-refractivity contribution in [1.29, 1.82) is 5.26 Å². The van der Waals surface area contributed by atoms with Crippen molar-refractivity contribution >= 4 is 28.5 Å². The molecular formula is C26H31FN6O2. The highest BCUT2D eigenvalue weighted by Crippen LogP contribution is 2.37. The molecule has 0 saturated carbocycles. The first-order chi connectivity index (χ1) is 16.9. The Morgan fingerprint density at radius 2 is 1.60 bits per heavy atom. The topological polar surface area (TPSA) is 83.8 Å². The Balaban J connectivity index is 1.40. The van der Waals surface area contributed by atoms with Crippen molar-refractivity contribution < 1.29 is 14.0 Å². The highest BCUT2D eigenvalue weighted by Gasteiger charge is 2.34. The van der Waals surface area contributed by atoms with E-state index in [-0.39, 0.29) is 17.8 Å². The van der Waals surface area contributed by atoms with Crippen LogP contribution in [0, 0.1) is 22.6 Å². The standard InChI is InChI=1S/C26H31FN6O2/c1-26(18-28)6-10-30(11-7-26)23-20-16-19(27)4-5-22(20)29-17-21(23)24(34)31-12-14-33(15-13-31)25(35)32-8-2-3-9-32/h4-5,16-17H,2-3,6-15H2,1H3. The Bertz CT molecular complexity index is 1170. The number of urea groups is 1. The van der Waals surface area contributed by atoms with Crippen molar-refractivity contribution in [2.24, 2.45) is 5.41 Å². The molecule has 2 aromatic rings. The molecule has 0 aliphatic carbocycles. The number of likely N-dealkylation sites (tertiary alicyclic amines) is 1. The summed E-state index contributed by atoms with van der Waals surface area (Å²) in [5.41, 5.74) is 1.37. The van der Waals surface area contributed by atoms with E-state index in [9.17, 15) is 19.2 Å². The van der Waals surface area contributed by atoms with Crippen LogP contribution in [0.1, 0.15) is 43.0 Å². The molecule has 3 amide bonds. The molecule has 3 fully saturated rings. The van der Waals surface area contributed by atoms with E-state index in [1.54, 1.807) is 17.2 Å². The lowest BCUT2D eigenvalue weighted by Gasteiger charge is -2.39. The van der Waals surface area contributed by atoms with E-state index in [4.69, 9.17) is 0 Å². The Hall–Kier alpha value is -3.41. The third-order valence-corrected chi connectivity index (χ3v) is 7.70. The summed E-state index contributed by atoms with van der Waals surface area (Å²) in [6.45, 7) is 6.69. The van der Waals surface area contributed by atoms with E-state index >= 15 is 0 Å². The van der Waals surface area contributed by atoms with Crippen LogP contribution in [0.15, 0.2) is 24.4 Å². The molecule has 3 aliphatic rings. The van der Waals surface area contributed by atoms with Crippen LogP contribution in [0.3, 0.4) is 0 Å². The van der Waals surface area contributed by atoms with Crippen molar-refractivity contribution in [3.05, 3.63) is 35.8 Å². The average Bonchev–Trinajstić information content (AvgIpc) is 3.43. The van der Waals surface area contributed by atoms with Gasteiger partial charge in [-0.1, -0.05) is 0 Å². The van der Waals surface area contributed by atoms with E-state index in [0.717, 1.165) is 25.9 Å². The third-order valence-electron chi connectivity index (χ3n) is 7.70. The Kier molecular flexibility index (Phi) is 6.22. The lowest BCUT2D eigenvalue weighted by atomic mass is 9.81. The molecule has 1 aromatic carbocycles. The zero-order chi connectivity index (χ0) is 24.6. The fraction of sp³-hybridized carbons (Fsp3) is 0.538. The highest BCUT2D eigenvalue weighted by atomic mass is 19.1. The van der Waals surface area contributed by atoms with Crippen molar-refractivity contribution in [2.75, 3.05) is 57.3 Å². The van der Waals surface area contributed by atoms with Gasteiger partial charge in [-0.15, -0.1) is 0 Å². The highest BCUT2D eigenvalue weighted by molar-refractivity contribution is 6.07. The molecule has 8 nitrogen and oxygen atoms in total. The Labute approximate surface area is 204 Å². The molecule has 0 radical (unpaired) electrons. The van der Waals surface area contributed by atoms with Crippen LogP contribution < -0.4 is 4.90 Å². The lowest BCUT2D eigenvalue weighted by molar-refractivity contribution is 0.0645. The molecular weight excluding hydrogens is 447 g/mol. The van der Waals surface area contributed by atoms with Gasteiger partial charge in [0.2, 0.25) is 0 Å². The van der Waals surface area contributed by atoms with Crippen molar-refractivity contribution in [3.63, 3.8) is 0 Å². The number of hydrogen-bond donors (Lipinski definition) is 0. The summed E-state index contributed by atoms with van der Waals surface area (Å²) in [6.07, 6.45) is 5.04. The number of piperidine rings is 1. The summed E-state index contributed by atoms with van der Waals surface area (Å²) in [5, 5.41) is 10.1. The minimum atomic E-state index is -0.396. The number of carbonyl (C=O) groups excluding carboxylic acids is 2. The number of aromatic nitrogens is 1. The molecule has 3 saturated heterocycles. The number of hydrogen-bond acceptors (Lipinski definition) is 5. The molecule has 0 bridgehead atoms. The van der Waals surface area contributed by atoms with Gasteiger partial charge in [-0.2, -0.15) is 5.26 Å². The number of amides is 3. The molecule has 3 aliphatic heterocycles. The molecule has 0 spiro atoms. The van der Waals surface area contributed by atoms with Crippen LogP contribution in [0.4, 0.5) is 14.9 Å². The summed E-state index contributed by atoms with van der Waals surface area (Å²) < 4.78 is 14.3. The predicted molar refractivity (Wildman–Crippen MR) is 131 cm³/mol. The zero-order valence-corrected chi connectivity index (χ0v) is 20.2. The van der Waals surface area contributed by atoms with Crippen molar-refractivity contribution in [1.82, 2.24) is 19.7 Å². The van der Waals surface area contributed by atoms with E-state index in [1.165, 1.54) is 12.1 Å². The van der Waals surface area contributed by atoms with Gasteiger partial charge in [0.15, 0.2) is 0 Å². The number of carbonyl (C=O) groups is 2. The minimum Gasteiger partial charge on any atom is -0.370 e. The largest absolute Gasteiger partial charge is 0.370 e. The molecule has 35 heavy (non-hydrogen) atoms. The number of fused-ring (bicyclic) bond motifs is 1. The van der Waals surface area contributed by atoms with Crippen LogP contribution in [0.25, 0.3) is 10.9 Å². The summed E-state index contributed by atoms with van der Waals surface area (Å²) in [5.74, 6) is -0.529. The third kappa shape index (κ3) is 4.49. The summed E-state index contributed by atoms with van der Waals surface area (Å²) in [4.78, 5) is 38.5. The maximum atomic E-state index is 14.3. The number of anilines is 1. The second-order valence-corrected chi connectivity index (χ2v) is 10.1. The summed E-state index contributed by atoms with van der Waals surface area (Å²) in [7, 11) is 0. The predicted octanol–water partition coefficient (Wildman–Crippen LogP) is 3.48. The molecule has 184 valence electrons. The monoisotopic (exact) mass is 478 g/mol. The molecule has 0 N–H and O–H groups in total. The minimum absolute atomic E-state index is 0.0620. The van der Waals surface area contributed by atoms with Crippen molar-refractivity contribution in [2.45, 2.75) is 32.6 Å². The van der Waals surface area contributed by atoms with Crippen LogP contribution in [-0.2, 0) is 0 Å². The van der Waals surface area contributed by atoms with Gasteiger partial charge >= 0.3 is 6.03 Å². The van der Waals surface area contributed by atoms with Crippen LogP contribution in [-0.4, -0.2) is 84.0 Å². The number of pyridine rings is 1. The SMILES string of the molecule is CC1(C#N)CCN(c2c(C(=O)N3CCN(C(=O)N4CCCC4)CC3)cnc3ccc(F)cc23)CC1. The number of nitriles is 1. The van der Waals surface area contributed by atoms with Gasteiger partial charge in [0, 0.05) is 63.9 Å². The first-order valence-corrected chi connectivity index (χ1v) is 12.5. The number of benzene rings is 1. The van der Waals surface area contributed by atoms with Gasteiger partial charge in [-0.3, -0.25) is 9.78 Å². The fourth-order valence-electron chi connectivity index (χ4n) is 5.36. The fourth-order valence-corrected chi connectivity index (χ4v) is 5.36. The van der Waals surface area contributed by atoms with Crippen LogP contribution in [0.2, 0.25) is 0 Å². The number of nitrogens with zero attached hydrogens (tertiary/aromatic N) is 6. The first kappa shape index (κ1) is 23.3. The van der Waals surface area contributed by atoms with Gasteiger partial charge in [0.1, 0.15) is 5.82 Å². The van der Waals surface area contributed by atoms with E-state index < -0.39 is 5.41 Å². The number of rotatable bonds is 2. The molecule has 5 rings (SSSR count). The first-order valence-electron chi connectivity index (χ1n) is 12.5. The molecule has 9 heteroatoms. The average molecular weight is 479 g/mol. The van der Waals surface area contributed by atoms with Gasteiger partial charge in [0.05, 0.1) is 28.3 Å². The van der Waals surface area contributed by atoms with Crippen LogP contribution in [0.5, 0.6) is 0 Å². The van der Waals surface area contributed by atoms with Gasteiger partial charge in [-0.25, -0.2) is 9.18 Å². The number of piperazine rings is 1. The van der Waals surface area contributed by atoms with Crippen LogP contribution >= 0.6 is 0 Å². The van der Waals surface area contributed by atoms with Gasteiger partial charge in [0.25, 0.3) is 5.91 Å². The van der Waals surface area contributed by atoms with E-state index in [1.807, 2.05) is 16.7 Å². The maximum absolute atomic E-state index is 14.3. The quantitative estimate of drug-likeness (QED) is 0.660. The van der Waals surface area contributed by atoms with Gasteiger partial charge < -0.3 is 19.6 Å². The van der Waals surface area contributed by atoms with Crippen molar-refractivity contribution in [3.8, 4) is 6.07 Å². The lowest BCUT2D eigenvalue weighted by Crippen LogP contribution is -2.53. The smallest absolute Gasteiger partial charge is 0.320 e. The van der Waals surface area contributed by atoms with E-state index in [2.05, 4.69) is 16.0 Å². The zero-order valence-electron chi connectivity index (χ0n) is 20.2. The Morgan fingerprint density at radius 3 is 2.26 bits per heavy atom. The van der Waals surface area contributed by atoms with Gasteiger partial charge in [-0.05, 0) is 50.8 Å². The maximum Gasteiger partial charge on any atom is 0.320 e. The summed E-state index contributed by atoms with van der Waals surface area (Å²) >= 11 is 0. The number of halogens is 1. The molecule has 1 aromatic heterocycles. The molecule has 4 heterocycles. The second kappa shape index (κ2) is 9.33. The van der Waals surface area contributed by atoms with E-state index in [0.29, 0.717) is 74.3 Å². The molecule has 0 atom stereocenters. The molecule has 0 unspecified atom stereocenters. The summed E-state index contributed by atoms with van der Waals surface area (Å²) in [6, 6.07) is 6.93. The Morgan fingerprint density at radius 1 is 0.971 bits per heavy atom. The second-order valence-electron chi connectivity index (χ2n) is 10.1.